The van der Waals surface area contributed by atoms with Crippen LogP contribution in [-0.4, -0.2) is 40.8 Å². The molecule has 0 saturated carbocycles. The number of aryl methyl sites for hydroxylation is 1. The number of hydrogen-bond acceptors (Lipinski definition) is 9. The third-order valence-electron chi connectivity index (χ3n) is 4.64. The number of ether oxygens (including phenoxy) is 3. The Labute approximate surface area is 205 Å². The number of benzene rings is 1. The van der Waals surface area contributed by atoms with Crippen molar-refractivity contribution in [1.82, 2.24) is 9.88 Å². The number of hydrogen-bond donors (Lipinski definition) is 1. The Morgan fingerprint density at radius 2 is 2.00 bits per heavy atom. The van der Waals surface area contributed by atoms with E-state index in [0.29, 0.717) is 22.6 Å². The second-order valence-electron chi connectivity index (χ2n) is 6.78. The Balaban J connectivity index is 1.98. The molecule has 34 heavy (non-hydrogen) atoms. The van der Waals surface area contributed by atoms with Crippen LogP contribution in [0.4, 0.5) is 5.88 Å². The summed E-state index contributed by atoms with van der Waals surface area (Å²) in [6, 6.07) is 5.84. The van der Waals surface area contributed by atoms with E-state index in [9.17, 15) is 13.2 Å². The van der Waals surface area contributed by atoms with E-state index >= 15 is 0 Å². The minimum absolute atomic E-state index is 0.00467. The lowest BCUT2D eigenvalue weighted by molar-refractivity contribution is -0.118. The fourth-order valence-corrected chi connectivity index (χ4v) is 5.17. The van der Waals surface area contributed by atoms with E-state index in [1.165, 1.54) is 44.1 Å². The van der Waals surface area contributed by atoms with Crippen LogP contribution >= 0.6 is 22.9 Å². The van der Waals surface area contributed by atoms with E-state index < -0.39 is 15.9 Å². The summed E-state index contributed by atoms with van der Waals surface area (Å²) in [5.74, 6) is 0.148. The van der Waals surface area contributed by atoms with Gasteiger partial charge in [0.2, 0.25) is 11.7 Å². The third kappa shape index (κ3) is 5.44. The van der Waals surface area contributed by atoms with E-state index in [0.717, 1.165) is 0 Å². The number of thiophene rings is 1. The predicted octanol–water partition coefficient (Wildman–Crippen LogP) is 3.98. The van der Waals surface area contributed by atoms with Crippen LogP contribution in [0, 0.1) is 13.0 Å². The lowest BCUT2D eigenvalue weighted by Crippen LogP contribution is -2.32. The van der Waals surface area contributed by atoms with Crippen molar-refractivity contribution < 1.29 is 31.9 Å². The van der Waals surface area contributed by atoms with Crippen molar-refractivity contribution in [3.63, 3.8) is 0 Å². The van der Waals surface area contributed by atoms with Gasteiger partial charge in [-0.2, -0.15) is 11.3 Å². The average molecular weight is 527 g/mol. The van der Waals surface area contributed by atoms with Gasteiger partial charge in [0.25, 0.3) is 16.1 Å². The van der Waals surface area contributed by atoms with Gasteiger partial charge in [-0.15, -0.1) is 0 Å². The smallest absolute Gasteiger partial charge is 0.493 e. The molecule has 10 nitrogen and oxygen atoms in total. The Kier molecular flexibility index (Phi) is 8.03. The SMILES string of the molecule is COc1cc(CC#[N+]c2onc(C)c2Cl)c(CC(=O)NS(=O)(=O)c2ccsc2)c(OC)c1OC. The Hall–Kier alpha value is -3.27. The summed E-state index contributed by atoms with van der Waals surface area (Å²) in [6.07, 6.45) is -0.237. The van der Waals surface area contributed by atoms with E-state index in [1.54, 1.807) is 18.4 Å². The van der Waals surface area contributed by atoms with Crippen molar-refractivity contribution >= 4 is 44.8 Å². The molecule has 1 N–H and O–H groups in total. The molecule has 180 valence electrons. The van der Waals surface area contributed by atoms with Crippen molar-refractivity contribution in [2.24, 2.45) is 0 Å². The third-order valence-corrected chi connectivity index (χ3v) is 7.28. The van der Waals surface area contributed by atoms with Crippen LogP contribution in [-0.2, 0) is 27.7 Å². The molecule has 3 aromatic rings. The van der Waals surface area contributed by atoms with Crippen LogP contribution in [0.3, 0.4) is 0 Å². The highest BCUT2D eigenvalue weighted by atomic mass is 35.5. The van der Waals surface area contributed by atoms with Gasteiger partial charge < -0.3 is 14.2 Å². The van der Waals surface area contributed by atoms with Crippen molar-refractivity contribution in [3.8, 4) is 23.3 Å². The first-order chi connectivity index (χ1) is 16.2. The van der Waals surface area contributed by atoms with Gasteiger partial charge in [-0.25, -0.2) is 13.1 Å². The van der Waals surface area contributed by atoms with Crippen LogP contribution in [0.25, 0.3) is 4.85 Å². The van der Waals surface area contributed by atoms with E-state index in [-0.39, 0.29) is 40.1 Å². The normalized spacial score (nSPS) is 10.9. The molecular formula is C21H21ClN3O7S2+. The van der Waals surface area contributed by atoms with Crippen molar-refractivity contribution in [1.29, 1.82) is 0 Å². The van der Waals surface area contributed by atoms with E-state index in [1.807, 2.05) is 0 Å². The zero-order chi connectivity index (χ0) is 24.9. The summed E-state index contributed by atoms with van der Waals surface area (Å²) in [5, 5.41) is 7.02. The van der Waals surface area contributed by atoms with Gasteiger partial charge in [-0.1, -0.05) is 16.8 Å². The summed E-state index contributed by atoms with van der Waals surface area (Å²) in [5.41, 5.74) is 1.40. The molecule has 0 aliphatic rings. The predicted molar refractivity (Wildman–Crippen MR) is 126 cm³/mol. The van der Waals surface area contributed by atoms with Crippen LogP contribution in [0.2, 0.25) is 5.02 Å². The van der Waals surface area contributed by atoms with Gasteiger partial charge in [-0.05, 0) is 30.0 Å². The molecule has 13 heteroatoms. The minimum Gasteiger partial charge on any atom is -0.493 e. The second-order valence-corrected chi connectivity index (χ2v) is 9.62. The molecule has 0 saturated heterocycles. The first-order valence-electron chi connectivity index (χ1n) is 9.65. The number of amides is 1. The fraction of sp³-hybridized carbons (Fsp3) is 0.286. The number of carbonyl (C=O) groups excluding carboxylic acids is 1. The van der Waals surface area contributed by atoms with Crippen molar-refractivity contribution in [2.45, 2.75) is 24.7 Å². The number of nitrogens with one attached hydrogen (secondary N) is 1. The Morgan fingerprint density at radius 1 is 1.26 bits per heavy atom. The first-order valence-corrected chi connectivity index (χ1v) is 12.5. The average Bonchev–Trinajstić information content (AvgIpc) is 3.46. The molecule has 2 aromatic heterocycles. The summed E-state index contributed by atoms with van der Waals surface area (Å²) in [6.45, 7) is 1.67. The molecule has 0 fully saturated rings. The largest absolute Gasteiger partial charge is 0.546 e. The number of rotatable bonds is 8. The van der Waals surface area contributed by atoms with Gasteiger partial charge in [0, 0.05) is 15.8 Å². The van der Waals surface area contributed by atoms with Crippen LogP contribution in [0.1, 0.15) is 16.8 Å². The van der Waals surface area contributed by atoms with E-state index in [4.69, 9.17) is 30.3 Å². The maximum atomic E-state index is 12.7. The van der Waals surface area contributed by atoms with Gasteiger partial charge in [0.05, 0.1) is 32.6 Å². The number of carbonyl (C=O) groups is 1. The Morgan fingerprint density at radius 3 is 2.56 bits per heavy atom. The maximum Gasteiger partial charge on any atom is 0.546 e. The molecule has 0 unspecified atom stereocenters. The zero-order valence-electron chi connectivity index (χ0n) is 18.7. The summed E-state index contributed by atoms with van der Waals surface area (Å²) < 4.78 is 48.3. The molecule has 0 aliphatic carbocycles. The molecule has 1 aromatic carbocycles. The minimum atomic E-state index is -4.01. The van der Waals surface area contributed by atoms with E-state index in [2.05, 4.69) is 20.8 Å². The number of aromatic nitrogens is 1. The fourth-order valence-electron chi connectivity index (χ4n) is 3.04. The maximum absolute atomic E-state index is 12.7. The lowest BCUT2D eigenvalue weighted by Gasteiger charge is -2.18. The highest BCUT2D eigenvalue weighted by Crippen LogP contribution is 2.42. The molecule has 0 spiro atoms. The second kappa shape index (κ2) is 10.8. The summed E-state index contributed by atoms with van der Waals surface area (Å²) in [4.78, 5) is 16.8. The molecule has 3 rings (SSSR count). The van der Waals surface area contributed by atoms with Crippen LogP contribution in [0.5, 0.6) is 17.2 Å². The number of methoxy groups -OCH3 is 3. The molecule has 0 aliphatic heterocycles. The highest BCUT2D eigenvalue weighted by Gasteiger charge is 2.26. The standard InChI is InChI=1S/C21H20ClN3O7S2/c1-12-18(22)21(32-24-12)23-7-5-13-9-16(29-2)20(31-4)19(30-3)15(13)10-17(26)25-34(27,28)14-6-8-33-11-14/h6,8-9,11H,5,10H2,1-4H3/p+1. The molecule has 0 radical (unpaired) electrons. The first kappa shape index (κ1) is 25.4. The van der Waals surface area contributed by atoms with Crippen LogP contribution in [0.15, 0.2) is 32.3 Å². The van der Waals surface area contributed by atoms with Crippen molar-refractivity contribution in [3.05, 3.63) is 49.6 Å². The molecule has 2 heterocycles. The zero-order valence-corrected chi connectivity index (χ0v) is 21.1. The highest BCUT2D eigenvalue weighted by molar-refractivity contribution is 7.90. The molecular weight excluding hydrogens is 506 g/mol. The summed E-state index contributed by atoms with van der Waals surface area (Å²) >= 11 is 7.28. The topological polar surface area (TPSA) is 121 Å². The molecule has 0 atom stereocenters. The van der Waals surface area contributed by atoms with Gasteiger partial charge in [0.1, 0.15) is 12.1 Å². The van der Waals surface area contributed by atoms with Gasteiger partial charge in [0.15, 0.2) is 16.5 Å². The number of halogens is 1. The summed E-state index contributed by atoms with van der Waals surface area (Å²) in [7, 11) is 0.273. The lowest BCUT2D eigenvalue weighted by atomic mass is 9.99. The van der Waals surface area contributed by atoms with Gasteiger partial charge in [-0.3, -0.25) is 9.32 Å². The Bertz CT molecular complexity index is 1360. The number of sulfonamides is 1. The van der Waals surface area contributed by atoms with Crippen LogP contribution < -0.4 is 18.9 Å². The molecule has 1 amide bonds. The quantitative estimate of drug-likeness (QED) is 0.468. The monoisotopic (exact) mass is 526 g/mol. The van der Waals surface area contributed by atoms with Crippen molar-refractivity contribution in [2.75, 3.05) is 21.3 Å². The number of nitrogens with zero attached hydrogens (tertiary/aromatic N) is 2. The van der Waals surface area contributed by atoms with Gasteiger partial charge >= 0.3 is 5.88 Å². The molecule has 0 bridgehead atoms.